The number of benzene rings is 8. The minimum Gasteiger partial charge on any atom is -0.748 e. The Morgan fingerprint density at radius 3 is 1.39 bits per heavy atom. The molecule has 2 N–H and O–H groups in total. The number of aryl methyl sites for hydroxylation is 4. The first-order chi connectivity index (χ1) is 62.0. The molecule has 2 aliphatic carbocycles. The molecule has 2 aromatic heterocycles. The van der Waals surface area contributed by atoms with Crippen molar-refractivity contribution >= 4 is 169 Å². The topological polar surface area (TPSA) is 286 Å². The smallest absolute Gasteiger partial charge is 0.748 e. The van der Waals surface area contributed by atoms with Crippen molar-refractivity contribution in [2.45, 2.75) is 122 Å². The summed E-state index contributed by atoms with van der Waals surface area (Å²) in [6.07, 6.45) is 23.5. The largest absolute Gasteiger partial charge is 1.00 e. The van der Waals surface area contributed by atoms with Gasteiger partial charge in [0.15, 0.2) is 13.1 Å². The summed E-state index contributed by atoms with van der Waals surface area (Å²) in [6, 6.07) is 65.2. The van der Waals surface area contributed by atoms with Gasteiger partial charge in [-0.3, -0.25) is 10.1 Å². The van der Waals surface area contributed by atoms with Gasteiger partial charge >= 0.3 is 63.3 Å². The molecule has 0 spiro atoms. The van der Waals surface area contributed by atoms with Gasteiger partial charge in [0.05, 0.1) is 85.4 Å². The number of esters is 1. The number of carboxylic acid groups (broad SMARTS) is 1. The third kappa shape index (κ3) is 28.6. The number of ether oxygens (including phenoxy) is 1. The number of carbonyl (C=O) groups is 2. The van der Waals surface area contributed by atoms with Gasteiger partial charge in [-0.2, -0.15) is 17.8 Å². The SMILES string of the molecule is CC[NH+](CC)CC.COC(=O)c1ccc2sc(/C=C/C3=C(N(c4ccccc4)c4ccccc4)C(=C/C=C4\Sc5ccc(C)cc5N4CCCCS(=O)(=O)[O-])/CC3)[n+](CCCCS(=O)(=O)[O-])c2c1.Cc1ccc2c(c1)N(CCCSOO[O-])/C(=C/C=C1\CCC(/C=C/c3sc4ccc(C#CC(=O)O)cc4[n+]3CCCSOO[O-])=C1N(c1ccccc1)c1ccccc1)S2.[HH].[HH].[K+]. The molecule has 23 nitrogen and oxygen atoms in total. The van der Waals surface area contributed by atoms with Crippen molar-refractivity contribution < 1.29 is 143 Å². The summed E-state index contributed by atoms with van der Waals surface area (Å²) in [5, 5.41) is 41.0. The Labute approximate surface area is 826 Å². The van der Waals surface area contributed by atoms with Gasteiger partial charge < -0.3 is 54.0 Å². The van der Waals surface area contributed by atoms with Gasteiger partial charge in [0, 0.05) is 144 Å². The maximum absolute atomic E-state index is 12.5. The maximum Gasteiger partial charge on any atom is 1.00 e. The van der Waals surface area contributed by atoms with Crippen LogP contribution in [0.1, 0.15) is 125 Å². The minimum absolute atomic E-state index is 0. The van der Waals surface area contributed by atoms with E-state index in [1.165, 1.54) is 54.0 Å². The summed E-state index contributed by atoms with van der Waals surface area (Å²) < 4.78 is 88.6. The number of aliphatic carboxylic acids is 1. The molecule has 0 radical (unpaired) electrons. The summed E-state index contributed by atoms with van der Waals surface area (Å²) in [5.41, 5.74) is 18.1. The van der Waals surface area contributed by atoms with Crippen molar-refractivity contribution in [2.75, 3.05) is 82.4 Å². The summed E-state index contributed by atoms with van der Waals surface area (Å²) in [6.45, 7) is 17.0. The van der Waals surface area contributed by atoms with E-state index in [-0.39, 0.29) is 67.1 Å². The molecule has 674 valence electrons. The van der Waals surface area contributed by atoms with Crippen LogP contribution in [-0.2, 0) is 61.6 Å². The molecular formula is C97H106KN7O16S8. The average molecular weight is 1920 g/mol. The first-order valence-electron chi connectivity index (χ1n) is 42.3. The van der Waals surface area contributed by atoms with Gasteiger partial charge in [-0.1, -0.05) is 149 Å². The number of allylic oxidation sites excluding steroid dienone is 10. The molecule has 14 rings (SSSR count). The molecule has 2 aliphatic heterocycles. The standard InChI is InChI=1S/C46H47N3O8S4.C45H41N3O8S4.C6H15N.K.2H2/c1-33-17-23-41-39(31-33)47(27-9-11-29-60(51,52)53)43(58-41)25-21-34-18-19-35(45(34)49(37-13-5-3-6-14-37)38-15-7-4-8-16-38)22-26-44-48(28-10-12-30-61(54,55)56)40-32-36(46(50)57-2)20-24-42(40)59-44;1-32-14-21-40-38(30-32)46(26-8-28-57-55-53-51)42(59-40)23-19-34-17-18-35(45(34)48(36-10-4-2-5-11-36)37-12-6-3-7-13-37)20-24-43-47(27-9-29-58-56-54-52)39-31-33(16-25-44(49)50)15-22-41(39)60-43;1-4-7(5-2)6-3;;;/h3-8,13-17,20-26,31-32H,9-12,18-19,27-30H2,1-2H3,(H-,51,52,53,54,55,56);2-7,10-15,19-24,30-31H,8-9,17-18,26-29H2,1H3,(H2-,49,50,51,52);4-6H2,1-3H3;;2*1H/q;;;+1;;/p-1. The Balaban J connectivity index is 0.000000269. The molecule has 8 aromatic carbocycles. The summed E-state index contributed by atoms with van der Waals surface area (Å²) in [4.78, 5) is 36.9. The number of para-hydroxylation sites is 4. The first kappa shape index (κ1) is 101. The molecule has 129 heavy (non-hydrogen) atoms. The number of nitrogens with zero attached hydrogens (tertiary/aromatic N) is 6. The van der Waals surface area contributed by atoms with E-state index in [4.69, 9.17) is 9.84 Å². The number of hydrogen-bond acceptors (Lipinski definition) is 25. The number of methoxy groups -OCH3 is 1. The third-order valence-electron chi connectivity index (χ3n) is 21.6. The van der Waals surface area contributed by atoms with E-state index in [0.717, 1.165) is 165 Å². The van der Waals surface area contributed by atoms with Crippen molar-refractivity contribution in [3.05, 3.63) is 307 Å². The average Bonchev–Trinajstić information content (AvgIpc) is 1.67. The quantitative estimate of drug-likeness (QED) is 0.00418. The van der Waals surface area contributed by atoms with E-state index < -0.39 is 43.7 Å². The zero-order valence-electron chi connectivity index (χ0n) is 73.0. The van der Waals surface area contributed by atoms with Crippen molar-refractivity contribution in [2.24, 2.45) is 0 Å². The van der Waals surface area contributed by atoms with E-state index in [1.807, 2.05) is 79.7 Å². The van der Waals surface area contributed by atoms with Crippen LogP contribution in [0.3, 0.4) is 0 Å². The predicted molar refractivity (Wildman–Crippen MR) is 515 cm³/mol. The number of hydrogen-bond donors (Lipinski definition) is 2. The zero-order chi connectivity index (χ0) is 90.5. The fourth-order valence-electron chi connectivity index (χ4n) is 15.5. The maximum atomic E-state index is 12.5. The van der Waals surface area contributed by atoms with Crippen LogP contribution in [-0.4, -0.2) is 106 Å². The molecular weight excluding hydrogens is 1810 g/mol. The second-order valence-electron chi connectivity index (χ2n) is 30.2. The number of nitrogens with one attached hydrogen (secondary N) is 1. The van der Waals surface area contributed by atoms with Gasteiger partial charge in [0.25, 0.3) is 10.0 Å². The fraction of sp³-hybridized carbons (Fsp3) is 0.278. The summed E-state index contributed by atoms with van der Waals surface area (Å²) in [7, 11) is -7.31. The zero-order valence-corrected chi connectivity index (χ0v) is 82.6. The van der Waals surface area contributed by atoms with Gasteiger partial charge in [0.2, 0.25) is 11.0 Å². The number of carboxylic acids is 1. The molecule has 0 unspecified atom stereocenters. The number of quaternary nitrogens is 1. The molecule has 32 heteroatoms. The van der Waals surface area contributed by atoms with Gasteiger partial charge in [-0.05, 0) is 241 Å². The Kier molecular flexibility index (Phi) is 39.7. The fourth-order valence-corrected chi connectivity index (χ4v) is 21.6. The number of thiazole rings is 2. The number of fused-ring (bicyclic) bond motifs is 4. The molecule has 0 bridgehead atoms. The van der Waals surface area contributed by atoms with E-state index in [0.29, 0.717) is 61.5 Å². The second kappa shape index (κ2) is 50.6. The van der Waals surface area contributed by atoms with E-state index in [2.05, 4.69) is 245 Å². The van der Waals surface area contributed by atoms with Crippen LogP contribution >= 0.6 is 70.3 Å². The molecule has 0 fully saturated rings. The van der Waals surface area contributed by atoms with E-state index >= 15 is 0 Å². The molecule has 0 atom stereocenters. The summed E-state index contributed by atoms with van der Waals surface area (Å²) in [5.74, 6) is 3.62. The third-order valence-corrected chi connectivity index (χ3v) is 29.0. The predicted octanol–water partition coefficient (Wildman–Crippen LogP) is 15.4. The van der Waals surface area contributed by atoms with Crippen LogP contribution in [0, 0.1) is 25.7 Å². The van der Waals surface area contributed by atoms with Gasteiger partial charge in [-0.25, -0.2) is 26.4 Å². The normalized spacial score (nSPS) is 15.0. The number of carbonyl (C=O) groups excluding carboxylic acids is 1. The van der Waals surface area contributed by atoms with E-state index in [1.54, 1.807) is 63.2 Å². The van der Waals surface area contributed by atoms with Crippen molar-refractivity contribution in [1.82, 2.24) is 0 Å². The second-order valence-corrected chi connectivity index (χ2v) is 39.1. The van der Waals surface area contributed by atoms with E-state index in [9.17, 15) is 46.0 Å². The van der Waals surface area contributed by atoms with Crippen LogP contribution in [0.25, 0.3) is 32.6 Å². The Morgan fingerprint density at radius 2 is 0.961 bits per heavy atom. The number of aromatic nitrogens is 2. The van der Waals surface area contributed by atoms with Crippen molar-refractivity contribution in [3.63, 3.8) is 0 Å². The van der Waals surface area contributed by atoms with Gasteiger partial charge in [0.1, 0.15) is 9.40 Å². The molecule has 0 saturated carbocycles. The Hall–Kier alpha value is -8.26. The number of unbranched alkanes of at least 4 members (excludes halogenated alkanes) is 2. The first-order valence-corrected chi connectivity index (χ1v) is 50.5. The number of anilines is 6. The van der Waals surface area contributed by atoms with Crippen LogP contribution in [0.4, 0.5) is 34.1 Å². The number of thioether (sulfide) groups is 2. The number of rotatable bonds is 38. The molecule has 4 heterocycles. The molecule has 0 amide bonds. The van der Waals surface area contributed by atoms with Crippen LogP contribution in [0.5, 0.6) is 0 Å². The Morgan fingerprint density at radius 1 is 0.535 bits per heavy atom. The van der Waals surface area contributed by atoms with Crippen LogP contribution in [0.2, 0.25) is 0 Å². The Bertz CT molecular complexity index is 6030. The monoisotopic (exact) mass is 1920 g/mol. The molecule has 0 saturated heterocycles. The molecule has 4 aliphatic rings. The van der Waals surface area contributed by atoms with Crippen LogP contribution < -0.4 is 95.5 Å². The van der Waals surface area contributed by atoms with Gasteiger partial charge in [-0.15, -0.1) is 0 Å². The molecule has 10 aromatic rings. The van der Waals surface area contributed by atoms with Crippen molar-refractivity contribution in [3.8, 4) is 11.8 Å². The summed E-state index contributed by atoms with van der Waals surface area (Å²) >= 11 is 8.58. The van der Waals surface area contributed by atoms with Crippen LogP contribution in [0.15, 0.2) is 284 Å². The minimum atomic E-state index is -4.35. The van der Waals surface area contributed by atoms with Crippen molar-refractivity contribution in [1.29, 1.82) is 0 Å².